The van der Waals surface area contributed by atoms with Gasteiger partial charge in [0.25, 0.3) is 5.91 Å². The predicted octanol–water partition coefficient (Wildman–Crippen LogP) is 4.52. The first-order chi connectivity index (χ1) is 14.2. The van der Waals surface area contributed by atoms with Gasteiger partial charge in [0.1, 0.15) is 16.4 Å². The van der Waals surface area contributed by atoms with Crippen molar-refractivity contribution in [3.8, 4) is 11.5 Å². The number of hydrazone groups is 1. The Kier molecular flexibility index (Phi) is 7.13. The van der Waals surface area contributed by atoms with Gasteiger partial charge in [-0.25, -0.2) is 10.2 Å². The van der Waals surface area contributed by atoms with Gasteiger partial charge >= 0.3 is 5.97 Å². The summed E-state index contributed by atoms with van der Waals surface area (Å²) >= 11 is 1.33. The Morgan fingerprint density at radius 2 is 1.76 bits per heavy atom. The van der Waals surface area contributed by atoms with Crippen molar-refractivity contribution in [2.75, 3.05) is 6.61 Å². The zero-order chi connectivity index (χ0) is 20.5. The average molecular weight is 408 g/mol. The van der Waals surface area contributed by atoms with Crippen LogP contribution in [-0.4, -0.2) is 24.7 Å². The highest BCUT2D eigenvalue weighted by molar-refractivity contribution is 7.12. The number of carbonyl (C=O) groups excluding carboxylic acids is 2. The van der Waals surface area contributed by atoms with Gasteiger partial charge in [0.05, 0.1) is 12.8 Å². The molecule has 0 saturated carbocycles. The first-order valence-electron chi connectivity index (χ1n) is 9.07. The molecule has 0 saturated heterocycles. The van der Waals surface area contributed by atoms with Crippen LogP contribution in [0.2, 0.25) is 0 Å². The highest BCUT2D eigenvalue weighted by Crippen LogP contribution is 2.16. The largest absolute Gasteiger partial charge is 0.494 e. The maximum atomic E-state index is 12.1. The van der Waals surface area contributed by atoms with Crippen molar-refractivity contribution in [1.29, 1.82) is 0 Å². The summed E-state index contributed by atoms with van der Waals surface area (Å²) in [7, 11) is 0. The van der Waals surface area contributed by atoms with E-state index in [9.17, 15) is 9.59 Å². The van der Waals surface area contributed by atoms with E-state index in [1.165, 1.54) is 17.6 Å². The van der Waals surface area contributed by atoms with Crippen molar-refractivity contribution in [3.05, 3.63) is 82.0 Å². The molecule has 2 aromatic carbocycles. The number of esters is 1. The Morgan fingerprint density at radius 3 is 2.41 bits per heavy atom. The summed E-state index contributed by atoms with van der Waals surface area (Å²) in [4.78, 5) is 24.6. The van der Waals surface area contributed by atoms with Crippen LogP contribution in [0.3, 0.4) is 0 Å². The molecule has 6 nitrogen and oxygen atoms in total. The molecule has 0 aliphatic heterocycles. The van der Waals surface area contributed by atoms with Crippen LogP contribution >= 0.6 is 11.3 Å². The molecule has 29 heavy (non-hydrogen) atoms. The molecule has 1 aromatic heterocycles. The Labute approximate surface area is 172 Å². The van der Waals surface area contributed by atoms with Crippen LogP contribution < -0.4 is 14.9 Å². The van der Waals surface area contributed by atoms with E-state index in [1.54, 1.807) is 60.7 Å². The lowest BCUT2D eigenvalue weighted by Gasteiger charge is -2.05. The topological polar surface area (TPSA) is 77.0 Å². The van der Waals surface area contributed by atoms with E-state index in [0.717, 1.165) is 17.7 Å². The molecule has 0 radical (unpaired) electrons. The van der Waals surface area contributed by atoms with Crippen LogP contribution in [0.1, 0.15) is 38.9 Å². The summed E-state index contributed by atoms with van der Waals surface area (Å²) in [5.41, 5.74) is 3.72. The van der Waals surface area contributed by atoms with Crippen LogP contribution in [0, 0.1) is 0 Å². The third-order valence-corrected chi connectivity index (χ3v) is 4.63. The van der Waals surface area contributed by atoms with Gasteiger partial charge in [0.15, 0.2) is 0 Å². The standard InChI is InChI=1S/C22H20N2O4S/c1-2-13-27-18-11-7-17(8-12-18)21(25)24-23-15-16-5-9-19(10-6-16)28-22(26)20-4-3-14-29-20/h3-12,14-15H,2,13H2,1H3,(H,24,25)/b23-15+. The van der Waals surface area contributed by atoms with Crippen molar-refractivity contribution in [1.82, 2.24) is 5.43 Å². The second-order valence-corrected chi connectivity index (χ2v) is 6.96. The van der Waals surface area contributed by atoms with Gasteiger partial charge in [-0.05, 0) is 72.0 Å². The number of carbonyl (C=O) groups is 2. The van der Waals surface area contributed by atoms with Crippen LogP contribution in [0.4, 0.5) is 0 Å². The minimum absolute atomic E-state index is 0.315. The predicted molar refractivity (Wildman–Crippen MR) is 113 cm³/mol. The molecule has 0 unspecified atom stereocenters. The van der Waals surface area contributed by atoms with E-state index in [4.69, 9.17) is 9.47 Å². The Bertz CT molecular complexity index is 965. The molecule has 3 aromatic rings. The van der Waals surface area contributed by atoms with E-state index in [0.29, 0.717) is 22.8 Å². The van der Waals surface area contributed by atoms with E-state index in [1.807, 2.05) is 12.3 Å². The first-order valence-corrected chi connectivity index (χ1v) is 9.95. The van der Waals surface area contributed by atoms with Crippen molar-refractivity contribution in [2.24, 2.45) is 5.10 Å². The number of ether oxygens (including phenoxy) is 2. The van der Waals surface area contributed by atoms with Crippen LogP contribution in [0.15, 0.2) is 71.1 Å². The van der Waals surface area contributed by atoms with Crippen molar-refractivity contribution in [3.63, 3.8) is 0 Å². The SMILES string of the molecule is CCCOc1ccc(C(=O)N/N=C/c2ccc(OC(=O)c3cccs3)cc2)cc1. The zero-order valence-corrected chi connectivity index (χ0v) is 16.6. The second kappa shape index (κ2) is 10.2. The molecule has 7 heteroatoms. The maximum absolute atomic E-state index is 12.1. The minimum atomic E-state index is -0.389. The van der Waals surface area contributed by atoms with Gasteiger partial charge in [0, 0.05) is 5.56 Å². The highest BCUT2D eigenvalue weighted by atomic mass is 32.1. The van der Waals surface area contributed by atoms with E-state index in [-0.39, 0.29) is 11.9 Å². The Balaban J connectivity index is 1.50. The Morgan fingerprint density at radius 1 is 1.03 bits per heavy atom. The first kappa shape index (κ1) is 20.3. The van der Waals surface area contributed by atoms with Gasteiger partial charge in [-0.15, -0.1) is 11.3 Å². The van der Waals surface area contributed by atoms with Gasteiger partial charge < -0.3 is 9.47 Å². The molecule has 1 amide bonds. The summed E-state index contributed by atoms with van der Waals surface area (Å²) in [6.07, 6.45) is 2.44. The number of hydrogen-bond acceptors (Lipinski definition) is 6. The lowest BCUT2D eigenvalue weighted by Crippen LogP contribution is -2.17. The summed E-state index contributed by atoms with van der Waals surface area (Å²) in [6, 6.07) is 17.2. The summed E-state index contributed by atoms with van der Waals surface area (Å²) in [6.45, 7) is 2.67. The number of nitrogens with one attached hydrogen (secondary N) is 1. The quantitative estimate of drug-likeness (QED) is 0.257. The van der Waals surface area contributed by atoms with Gasteiger partial charge in [-0.3, -0.25) is 4.79 Å². The highest BCUT2D eigenvalue weighted by Gasteiger charge is 2.09. The number of amides is 1. The summed E-state index contributed by atoms with van der Waals surface area (Å²) in [5.74, 6) is 0.464. The number of benzene rings is 2. The third-order valence-electron chi connectivity index (χ3n) is 3.78. The fraction of sp³-hybridized carbons (Fsp3) is 0.136. The number of thiophene rings is 1. The van der Waals surface area contributed by atoms with Gasteiger partial charge in [-0.1, -0.05) is 13.0 Å². The van der Waals surface area contributed by atoms with Crippen LogP contribution in [-0.2, 0) is 0 Å². The average Bonchev–Trinajstić information content (AvgIpc) is 3.29. The zero-order valence-electron chi connectivity index (χ0n) is 15.8. The van der Waals surface area contributed by atoms with E-state index < -0.39 is 0 Å². The fourth-order valence-electron chi connectivity index (χ4n) is 2.33. The van der Waals surface area contributed by atoms with Crippen molar-refractivity contribution < 1.29 is 19.1 Å². The lowest BCUT2D eigenvalue weighted by molar-refractivity contribution is 0.0739. The smallest absolute Gasteiger partial charge is 0.353 e. The van der Waals surface area contributed by atoms with Gasteiger partial charge in [-0.2, -0.15) is 5.10 Å². The summed E-state index contributed by atoms with van der Waals surface area (Å²) in [5, 5.41) is 5.78. The van der Waals surface area contributed by atoms with E-state index in [2.05, 4.69) is 10.5 Å². The molecule has 1 heterocycles. The molecule has 1 N–H and O–H groups in total. The molecule has 0 atom stereocenters. The molecule has 0 spiro atoms. The monoisotopic (exact) mass is 408 g/mol. The summed E-state index contributed by atoms with van der Waals surface area (Å²) < 4.78 is 10.8. The number of hydrogen-bond donors (Lipinski definition) is 1. The van der Waals surface area contributed by atoms with Gasteiger partial charge in [0.2, 0.25) is 0 Å². The molecule has 0 aliphatic carbocycles. The van der Waals surface area contributed by atoms with Crippen molar-refractivity contribution >= 4 is 29.4 Å². The molecule has 0 aliphatic rings. The fourth-order valence-corrected chi connectivity index (χ4v) is 2.93. The maximum Gasteiger partial charge on any atom is 0.353 e. The van der Waals surface area contributed by atoms with Crippen LogP contribution in [0.5, 0.6) is 11.5 Å². The lowest BCUT2D eigenvalue weighted by atomic mass is 10.2. The number of rotatable bonds is 8. The molecular weight excluding hydrogens is 388 g/mol. The van der Waals surface area contributed by atoms with Crippen molar-refractivity contribution in [2.45, 2.75) is 13.3 Å². The number of nitrogens with zero attached hydrogens (tertiary/aromatic N) is 1. The molecule has 0 bridgehead atoms. The normalized spacial score (nSPS) is 10.7. The molecular formula is C22H20N2O4S. The third kappa shape index (κ3) is 6.02. The molecule has 3 rings (SSSR count). The molecule has 0 fully saturated rings. The minimum Gasteiger partial charge on any atom is -0.494 e. The Hall–Kier alpha value is -3.45. The van der Waals surface area contributed by atoms with Crippen LogP contribution in [0.25, 0.3) is 0 Å². The second-order valence-electron chi connectivity index (χ2n) is 6.01. The van der Waals surface area contributed by atoms with E-state index >= 15 is 0 Å². The molecule has 148 valence electrons.